The maximum absolute atomic E-state index is 4.53. The molecule has 0 radical (unpaired) electrons. The first-order valence-electron chi connectivity index (χ1n) is 9.43. The Labute approximate surface area is 139 Å². The molecule has 0 bridgehead atoms. The number of rotatable bonds is 5. The van der Waals surface area contributed by atoms with Gasteiger partial charge in [-0.1, -0.05) is 0 Å². The lowest BCUT2D eigenvalue weighted by Gasteiger charge is -2.26. The number of hydrogen-bond acceptors (Lipinski definition) is 5. The molecular formula is C18H29N5. The Hall–Kier alpha value is -1.36. The van der Waals surface area contributed by atoms with Gasteiger partial charge in [-0.15, -0.1) is 0 Å². The second kappa shape index (κ2) is 7.04. The summed E-state index contributed by atoms with van der Waals surface area (Å²) in [4.78, 5) is 14.1. The Morgan fingerprint density at radius 2 is 1.83 bits per heavy atom. The number of anilines is 2. The molecule has 3 fully saturated rings. The van der Waals surface area contributed by atoms with Crippen LogP contribution in [0.5, 0.6) is 0 Å². The highest BCUT2D eigenvalue weighted by molar-refractivity contribution is 5.48. The van der Waals surface area contributed by atoms with Crippen LogP contribution in [0.15, 0.2) is 12.4 Å². The van der Waals surface area contributed by atoms with E-state index in [-0.39, 0.29) is 0 Å². The van der Waals surface area contributed by atoms with E-state index in [0.717, 1.165) is 43.2 Å². The van der Waals surface area contributed by atoms with Crippen molar-refractivity contribution in [1.29, 1.82) is 0 Å². The maximum Gasteiger partial charge on any atom is 0.134 e. The van der Waals surface area contributed by atoms with Crippen molar-refractivity contribution in [3.8, 4) is 0 Å². The third kappa shape index (κ3) is 3.94. The van der Waals surface area contributed by atoms with Gasteiger partial charge in [-0.25, -0.2) is 9.97 Å². The molecule has 5 heteroatoms. The van der Waals surface area contributed by atoms with Gasteiger partial charge in [0.15, 0.2) is 0 Å². The van der Waals surface area contributed by atoms with Crippen LogP contribution in [0.3, 0.4) is 0 Å². The summed E-state index contributed by atoms with van der Waals surface area (Å²) in [5.74, 6) is 2.95. The molecule has 0 amide bonds. The number of hydrogen-bond donors (Lipinski definition) is 1. The minimum Gasteiger partial charge on any atom is -0.370 e. The van der Waals surface area contributed by atoms with Gasteiger partial charge in [-0.3, -0.25) is 0 Å². The molecule has 0 aromatic carbocycles. The third-order valence-electron chi connectivity index (χ3n) is 5.60. The average molecular weight is 315 g/mol. The quantitative estimate of drug-likeness (QED) is 0.905. The Morgan fingerprint density at radius 1 is 0.957 bits per heavy atom. The van der Waals surface area contributed by atoms with Gasteiger partial charge in [0.1, 0.15) is 18.0 Å². The van der Waals surface area contributed by atoms with Crippen LogP contribution in [0.4, 0.5) is 11.6 Å². The molecule has 1 aliphatic carbocycles. The van der Waals surface area contributed by atoms with E-state index >= 15 is 0 Å². The van der Waals surface area contributed by atoms with E-state index < -0.39 is 0 Å². The second-order valence-corrected chi connectivity index (χ2v) is 7.40. The van der Waals surface area contributed by atoms with Gasteiger partial charge in [0.25, 0.3) is 0 Å². The fourth-order valence-electron chi connectivity index (χ4n) is 3.97. The van der Waals surface area contributed by atoms with E-state index in [1.807, 2.05) is 0 Å². The van der Waals surface area contributed by atoms with Gasteiger partial charge in [0, 0.05) is 31.7 Å². The molecule has 0 unspecified atom stereocenters. The first-order chi connectivity index (χ1) is 11.4. The molecule has 1 N–H and O–H groups in total. The summed E-state index contributed by atoms with van der Waals surface area (Å²) >= 11 is 0. The number of nitrogens with one attached hydrogen (secondary N) is 1. The molecule has 23 heavy (non-hydrogen) atoms. The number of nitrogens with zero attached hydrogens (tertiary/aromatic N) is 4. The second-order valence-electron chi connectivity index (χ2n) is 7.40. The highest BCUT2D eigenvalue weighted by Crippen LogP contribution is 2.29. The molecule has 5 nitrogen and oxygen atoms in total. The molecule has 1 aromatic heterocycles. The summed E-state index contributed by atoms with van der Waals surface area (Å²) in [6.45, 7) is 5.94. The number of aromatic nitrogens is 2. The third-order valence-corrected chi connectivity index (χ3v) is 5.60. The summed E-state index contributed by atoms with van der Waals surface area (Å²) < 4.78 is 0. The van der Waals surface area contributed by atoms with Crippen molar-refractivity contribution in [3.63, 3.8) is 0 Å². The van der Waals surface area contributed by atoms with Crippen molar-refractivity contribution in [2.75, 3.05) is 42.9 Å². The van der Waals surface area contributed by atoms with Crippen LogP contribution < -0.4 is 10.2 Å². The van der Waals surface area contributed by atoms with Crippen molar-refractivity contribution in [2.45, 2.75) is 51.0 Å². The predicted octanol–water partition coefficient (Wildman–Crippen LogP) is 2.75. The molecular weight excluding hydrogens is 286 g/mol. The number of likely N-dealkylation sites (tertiary alicyclic amines) is 1. The summed E-state index contributed by atoms with van der Waals surface area (Å²) in [6.07, 6.45) is 11.1. The fraction of sp³-hybridized carbons (Fsp3) is 0.778. The zero-order valence-electron chi connectivity index (χ0n) is 14.1. The minimum absolute atomic E-state index is 0.789. The largest absolute Gasteiger partial charge is 0.370 e. The lowest BCUT2D eigenvalue weighted by molar-refractivity contribution is 0.225. The van der Waals surface area contributed by atoms with Gasteiger partial charge in [-0.2, -0.15) is 0 Å². The minimum atomic E-state index is 0.789. The van der Waals surface area contributed by atoms with Crippen LogP contribution >= 0.6 is 0 Å². The zero-order valence-corrected chi connectivity index (χ0v) is 14.1. The lowest BCUT2D eigenvalue weighted by Crippen LogP contribution is -2.34. The summed E-state index contributed by atoms with van der Waals surface area (Å²) in [5, 5.41) is 3.47. The first kappa shape index (κ1) is 15.2. The summed E-state index contributed by atoms with van der Waals surface area (Å²) in [5.41, 5.74) is 0. The van der Waals surface area contributed by atoms with E-state index in [1.165, 1.54) is 58.0 Å². The van der Waals surface area contributed by atoms with Gasteiger partial charge in [0.05, 0.1) is 0 Å². The Kier molecular flexibility index (Phi) is 4.64. The molecule has 2 saturated heterocycles. The van der Waals surface area contributed by atoms with Crippen LogP contribution in [0, 0.1) is 5.92 Å². The van der Waals surface area contributed by atoms with Crippen molar-refractivity contribution in [1.82, 2.24) is 14.9 Å². The molecule has 1 atom stereocenters. The van der Waals surface area contributed by atoms with E-state index in [2.05, 4.69) is 31.2 Å². The van der Waals surface area contributed by atoms with Crippen molar-refractivity contribution >= 4 is 11.6 Å². The molecule has 1 aromatic rings. The molecule has 3 aliphatic rings. The molecule has 126 valence electrons. The summed E-state index contributed by atoms with van der Waals surface area (Å²) in [7, 11) is 0. The van der Waals surface area contributed by atoms with Crippen LogP contribution in [-0.2, 0) is 0 Å². The van der Waals surface area contributed by atoms with Crippen molar-refractivity contribution in [3.05, 3.63) is 12.4 Å². The smallest absolute Gasteiger partial charge is 0.134 e. The van der Waals surface area contributed by atoms with Crippen molar-refractivity contribution < 1.29 is 0 Å². The van der Waals surface area contributed by atoms with Crippen molar-refractivity contribution in [2.24, 2.45) is 5.92 Å². The Bertz CT molecular complexity index is 510. The van der Waals surface area contributed by atoms with Gasteiger partial charge in [0.2, 0.25) is 0 Å². The summed E-state index contributed by atoms with van der Waals surface area (Å²) in [6, 6.07) is 2.93. The van der Waals surface area contributed by atoms with E-state index in [0.29, 0.717) is 0 Å². The van der Waals surface area contributed by atoms with Crippen LogP contribution in [0.25, 0.3) is 0 Å². The fourth-order valence-corrected chi connectivity index (χ4v) is 3.97. The Balaban J connectivity index is 1.36. The van der Waals surface area contributed by atoms with Crippen LogP contribution in [-0.4, -0.2) is 53.6 Å². The van der Waals surface area contributed by atoms with Gasteiger partial charge < -0.3 is 15.1 Å². The topological polar surface area (TPSA) is 44.3 Å². The molecule has 2 aliphatic heterocycles. The predicted molar refractivity (Wildman–Crippen MR) is 93.9 cm³/mol. The van der Waals surface area contributed by atoms with Gasteiger partial charge >= 0.3 is 0 Å². The normalized spacial score (nSPS) is 26.3. The van der Waals surface area contributed by atoms with Gasteiger partial charge in [-0.05, 0) is 64.0 Å². The molecule has 4 rings (SSSR count). The molecule has 3 heterocycles. The van der Waals surface area contributed by atoms with Crippen LogP contribution in [0.2, 0.25) is 0 Å². The molecule has 1 saturated carbocycles. The zero-order chi connectivity index (χ0) is 15.5. The van der Waals surface area contributed by atoms with E-state index in [4.69, 9.17) is 0 Å². The van der Waals surface area contributed by atoms with E-state index in [9.17, 15) is 0 Å². The van der Waals surface area contributed by atoms with E-state index in [1.54, 1.807) is 6.33 Å². The van der Waals surface area contributed by atoms with Crippen LogP contribution in [0.1, 0.15) is 44.9 Å². The molecule has 0 spiro atoms. The monoisotopic (exact) mass is 315 g/mol. The average Bonchev–Trinajstić information content (AvgIpc) is 3.33. The standard InChI is InChI=1S/C18H29N5/c1-2-9-22(8-1)16-4-3-10-23(11-7-16)18-12-17(20-14-21-18)19-13-15-5-6-15/h12,14-16H,1-11,13H2,(H,19,20,21)/t16-/m1/s1. The lowest BCUT2D eigenvalue weighted by atomic mass is 10.1. The maximum atomic E-state index is 4.53. The highest BCUT2D eigenvalue weighted by Gasteiger charge is 2.25. The first-order valence-corrected chi connectivity index (χ1v) is 9.43. The Morgan fingerprint density at radius 3 is 2.65 bits per heavy atom. The highest BCUT2D eigenvalue weighted by atomic mass is 15.2. The SMILES string of the molecule is c1nc(NCC2CC2)cc(N2CCC[C@@H](N3CCCC3)CC2)n1.